The van der Waals surface area contributed by atoms with Gasteiger partial charge in [0, 0.05) is 12.1 Å². The summed E-state index contributed by atoms with van der Waals surface area (Å²) in [5.41, 5.74) is -0.0566. The number of hydrogen-bond donors (Lipinski definition) is 3. The van der Waals surface area contributed by atoms with Gasteiger partial charge in [-0.3, -0.25) is 9.69 Å². The first kappa shape index (κ1) is 18.8. The number of urea groups is 1. The van der Waals surface area contributed by atoms with E-state index >= 15 is 0 Å². The minimum absolute atomic E-state index is 0.0193. The van der Waals surface area contributed by atoms with Gasteiger partial charge < -0.3 is 15.7 Å². The SMILES string of the molecule is CCN(CC(=O)O)C1CC(NC(=O)Nc2cc(Cl)c(Cl)cc2F)C1. The van der Waals surface area contributed by atoms with Crippen molar-refractivity contribution >= 4 is 40.9 Å². The van der Waals surface area contributed by atoms with Gasteiger partial charge in [0.05, 0.1) is 22.3 Å². The number of carbonyl (C=O) groups is 2. The lowest BCUT2D eigenvalue weighted by Crippen LogP contribution is -2.55. The van der Waals surface area contributed by atoms with Crippen molar-refractivity contribution in [1.82, 2.24) is 10.2 Å². The lowest BCUT2D eigenvalue weighted by atomic mass is 9.85. The van der Waals surface area contributed by atoms with E-state index in [2.05, 4.69) is 10.6 Å². The summed E-state index contributed by atoms with van der Waals surface area (Å²) in [6.45, 7) is 2.50. The molecule has 0 bridgehead atoms. The number of benzene rings is 1. The van der Waals surface area contributed by atoms with Crippen molar-refractivity contribution in [3.8, 4) is 0 Å². The van der Waals surface area contributed by atoms with Gasteiger partial charge in [-0.2, -0.15) is 0 Å². The van der Waals surface area contributed by atoms with E-state index in [1.165, 1.54) is 6.07 Å². The van der Waals surface area contributed by atoms with E-state index in [9.17, 15) is 14.0 Å². The van der Waals surface area contributed by atoms with Gasteiger partial charge in [0.15, 0.2) is 0 Å². The van der Waals surface area contributed by atoms with E-state index in [-0.39, 0.29) is 34.4 Å². The Labute approximate surface area is 148 Å². The molecule has 0 unspecified atom stereocenters. The van der Waals surface area contributed by atoms with Crippen LogP contribution >= 0.6 is 23.2 Å². The van der Waals surface area contributed by atoms with Gasteiger partial charge in [0.2, 0.25) is 0 Å². The average Bonchev–Trinajstić information content (AvgIpc) is 2.45. The third-order valence-corrected chi connectivity index (χ3v) is 4.69. The number of rotatable bonds is 6. The average molecular weight is 378 g/mol. The third kappa shape index (κ3) is 4.72. The van der Waals surface area contributed by atoms with Crippen molar-refractivity contribution in [3.05, 3.63) is 28.0 Å². The maximum atomic E-state index is 13.7. The zero-order chi connectivity index (χ0) is 17.9. The molecule has 1 aliphatic carbocycles. The molecule has 1 aromatic rings. The first-order chi connectivity index (χ1) is 11.3. The fourth-order valence-electron chi connectivity index (χ4n) is 2.64. The van der Waals surface area contributed by atoms with E-state index in [0.717, 1.165) is 6.07 Å². The quantitative estimate of drug-likeness (QED) is 0.664. The molecule has 1 aliphatic rings. The van der Waals surface area contributed by atoms with Crippen molar-refractivity contribution in [3.63, 3.8) is 0 Å². The predicted octanol–water partition coefficient (Wildman–Crippen LogP) is 3.19. The van der Waals surface area contributed by atoms with Gasteiger partial charge >= 0.3 is 12.0 Å². The van der Waals surface area contributed by atoms with E-state index in [4.69, 9.17) is 28.3 Å². The van der Waals surface area contributed by atoms with Crippen LogP contribution in [0, 0.1) is 5.82 Å². The highest BCUT2D eigenvalue weighted by Crippen LogP contribution is 2.29. The highest BCUT2D eigenvalue weighted by atomic mass is 35.5. The van der Waals surface area contributed by atoms with Crippen LogP contribution < -0.4 is 10.6 Å². The molecule has 0 radical (unpaired) electrons. The van der Waals surface area contributed by atoms with Crippen LogP contribution in [0.25, 0.3) is 0 Å². The fraction of sp³-hybridized carbons (Fsp3) is 0.467. The Morgan fingerprint density at radius 1 is 1.33 bits per heavy atom. The van der Waals surface area contributed by atoms with Crippen molar-refractivity contribution in [2.45, 2.75) is 31.8 Å². The normalized spacial score (nSPS) is 19.7. The Bertz CT molecular complexity index is 639. The minimum Gasteiger partial charge on any atom is -0.480 e. The van der Waals surface area contributed by atoms with Crippen LogP contribution in [-0.4, -0.2) is 47.2 Å². The Morgan fingerprint density at radius 3 is 2.54 bits per heavy atom. The summed E-state index contributed by atoms with van der Waals surface area (Å²) in [6, 6.07) is 1.77. The summed E-state index contributed by atoms with van der Waals surface area (Å²) in [5, 5.41) is 14.2. The first-order valence-electron chi connectivity index (χ1n) is 7.48. The number of nitrogens with zero attached hydrogens (tertiary/aromatic N) is 1. The molecule has 2 amide bonds. The van der Waals surface area contributed by atoms with Crippen LogP contribution in [0.15, 0.2) is 12.1 Å². The molecule has 3 N–H and O–H groups in total. The van der Waals surface area contributed by atoms with Crippen LogP contribution in [0.4, 0.5) is 14.9 Å². The zero-order valence-corrected chi connectivity index (χ0v) is 14.5. The molecule has 0 atom stereocenters. The molecule has 2 rings (SSSR count). The highest BCUT2D eigenvalue weighted by Gasteiger charge is 2.34. The topological polar surface area (TPSA) is 81.7 Å². The molecule has 0 heterocycles. The second-order valence-corrected chi connectivity index (χ2v) is 6.44. The molecule has 0 aromatic heterocycles. The number of aliphatic carboxylic acids is 1. The van der Waals surface area contributed by atoms with Crippen LogP contribution in [0.3, 0.4) is 0 Å². The van der Waals surface area contributed by atoms with Gasteiger partial charge in [-0.05, 0) is 31.5 Å². The summed E-state index contributed by atoms with van der Waals surface area (Å²) in [6.07, 6.45) is 1.30. The van der Waals surface area contributed by atoms with E-state index in [1.54, 1.807) is 0 Å². The number of carboxylic acids is 1. The number of amides is 2. The second kappa shape index (κ2) is 8.00. The molecule has 6 nitrogen and oxygen atoms in total. The Morgan fingerprint density at radius 2 is 1.96 bits per heavy atom. The zero-order valence-electron chi connectivity index (χ0n) is 13.0. The minimum atomic E-state index is -0.874. The number of halogens is 3. The van der Waals surface area contributed by atoms with Crippen molar-refractivity contribution < 1.29 is 19.1 Å². The number of likely N-dealkylation sites (N-methyl/N-ethyl adjacent to an activating group) is 1. The van der Waals surface area contributed by atoms with Crippen molar-refractivity contribution in [2.75, 3.05) is 18.4 Å². The second-order valence-electron chi connectivity index (χ2n) is 5.62. The number of anilines is 1. The van der Waals surface area contributed by atoms with E-state index < -0.39 is 17.8 Å². The lowest BCUT2D eigenvalue weighted by molar-refractivity contribution is -0.139. The standard InChI is InChI=1S/C15H18Cl2FN3O3/c1-2-21(7-14(22)23)9-3-8(4-9)19-15(24)20-13-6-11(17)10(16)5-12(13)18/h5-6,8-9H,2-4,7H2,1H3,(H,22,23)(H2,19,20,24). The molecule has 9 heteroatoms. The van der Waals surface area contributed by atoms with Crippen LogP contribution in [-0.2, 0) is 4.79 Å². The summed E-state index contributed by atoms with van der Waals surface area (Å²) >= 11 is 11.5. The molecule has 1 saturated carbocycles. The van der Waals surface area contributed by atoms with Gasteiger partial charge in [-0.15, -0.1) is 0 Å². The van der Waals surface area contributed by atoms with Crippen molar-refractivity contribution in [1.29, 1.82) is 0 Å². The molecule has 1 aromatic carbocycles. The molecule has 132 valence electrons. The Hall–Kier alpha value is -1.57. The van der Waals surface area contributed by atoms with E-state index in [0.29, 0.717) is 19.4 Å². The number of carboxylic acid groups (broad SMARTS) is 1. The van der Waals surface area contributed by atoms with Crippen molar-refractivity contribution in [2.24, 2.45) is 0 Å². The van der Waals surface area contributed by atoms with Gasteiger partial charge in [0.1, 0.15) is 5.82 Å². The highest BCUT2D eigenvalue weighted by molar-refractivity contribution is 6.42. The maximum absolute atomic E-state index is 13.7. The first-order valence-corrected chi connectivity index (χ1v) is 8.23. The summed E-state index contributed by atoms with van der Waals surface area (Å²) in [4.78, 5) is 24.5. The van der Waals surface area contributed by atoms with Gasteiger partial charge in [-0.25, -0.2) is 9.18 Å². The number of nitrogens with one attached hydrogen (secondary N) is 2. The molecular weight excluding hydrogens is 360 g/mol. The summed E-state index contributed by atoms with van der Waals surface area (Å²) < 4.78 is 13.7. The van der Waals surface area contributed by atoms with Crippen LogP contribution in [0.5, 0.6) is 0 Å². The van der Waals surface area contributed by atoms with Gasteiger partial charge in [0.25, 0.3) is 0 Å². The molecule has 0 saturated heterocycles. The van der Waals surface area contributed by atoms with E-state index in [1.807, 2.05) is 11.8 Å². The van der Waals surface area contributed by atoms with Crippen LogP contribution in [0.1, 0.15) is 19.8 Å². The Balaban J connectivity index is 1.83. The third-order valence-electron chi connectivity index (χ3n) is 3.97. The maximum Gasteiger partial charge on any atom is 0.319 e. The monoisotopic (exact) mass is 377 g/mol. The summed E-state index contributed by atoms with van der Waals surface area (Å²) in [5.74, 6) is -1.55. The fourth-order valence-corrected chi connectivity index (χ4v) is 2.95. The predicted molar refractivity (Wildman–Crippen MR) is 90.3 cm³/mol. The molecule has 0 aliphatic heterocycles. The smallest absolute Gasteiger partial charge is 0.319 e. The molecular formula is C15H18Cl2FN3O3. The molecule has 1 fully saturated rings. The molecule has 0 spiro atoms. The molecule has 24 heavy (non-hydrogen) atoms. The number of carbonyl (C=O) groups excluding carboxylic acids is 1. The lowest BCUT2D eigenvalue weighted by Gasteiger charge is -2.42. The van der Waals surface area contributed by atoms with Crippen LogP contribution in [0.2, 0.25) is 10.0 Å². The number of hydrogen-bond acceptors (Lipinski definition) is 3. The Kier molecular flexibility index (Phi) is 6.26. The largest absolute Gasteiger partial charge is 0.480 e. The van der Waals surface area contributed by atoms with Gasteiger partial charge in [-0.1, -0.05) is 30.1 Å². The summed E-state index contributed by atoms with van der Waals surface area (Å²) in [7, 11) is 0.